The molecular weight excluding hydrogens is 1020 g/mol. The second-order valence-electron chi connectivity index (χ2n) is 19.4. The SMILES string of the molecule is CC(C)[C@H](NC(=O)[C@@H]1CSSC(C)(C)[C@@H](NC(=O)[C@@H](N)CC(=O)O)C(=O)N[C@@H](Cc2ccccc2)C(=O)N[C@H](Cc2c[nH]c3ccccc23)C(=O)N[C@@H](CCCCN)C(=O)N[C@@H](Cc2ccc(O)cc2)C(=O)N1)C(=O)O. The zero-order chi connectivity index (χ0) is 55.7. The van der Waals surface area contributed by atoms with E-state index < -0.39 is 119 Å². The van der Waals surface area contributed by atoms with Crippen molar-refractivity contribution in [3.8, 4) is 5.75 Å². The van der Waals surface area contributed by atoms with Crippen LogP contribution in [0.15, 0.2) is 85.1 Å². The first kappa shape index (κ1) is 59.7. The molecule has 76 heavy (non-hydrogen) atoms. The Kier molecular flexibility index (Phi) is 22.1. The second kappa shape index (κ2) is 28.1. The lowest BCUT2D eigenvalue weighted by Gasteiger charge is -2.35. The lowest BCUT2D eigenvalue weighted by atomic mass is 9.98. The fraction of sp³-hybridized carbons (Fsp3) is 0.442. The van der Waals surface area contributed by atoms with E-state index in [9.17, 15) is 58.5 Å². The average molecular weight is 1090 g/mol. The van der Waals surface area contributed by atoms with Crippen LogP contribution in [-0.2, 0) is 62.4 Å². The molecule has 24 heteroatoms. The minimum Gasteiger partial charge on any atom is -0.508 e. The van der Waals surface area contributed by atoms with Crippen LogP contribution in [-0.4, -0.2) is 139 Å². The fourth-order valence-corrected chi connectivity index (χ4v) is 11.1. The molecule has 0 bridgehead atoms. The number of aliphatic carboxylic acids is 2. The van der Waals surface area contributed by atoms with E-state index in [-0.39, 0.29) is 43.7 Å². The number of aromatic nitrogens is 1. The molecule has 2 heterocycles. The van der Waals surface area contributed by atoms with E-state index in [1.807, 2.05) is 18.2 Å². The topological polar surface area (TPSA) is 366 Å². The number of aromatic hydroxyl groups is 1. The number of nitrogens with two attached hydrogens (primary N) is 2. The minimum absolute atomic E-state index is 0.0203. The zero-order valence-electron chi connectivity index (χ0n) is 42.6. The summed E-state index contributed by atoms with van der Waals surface area (Å²) in [6.07, 6.45) is 1.23. The summed E-state index contributed by atoms with van der Waals surface area (Å²) in [7, 11) is 1.92. The van der Waals surface area contributed by atoms with Gasteiger partial charge in [0.2, 0.25) is 41.4 Å². The van der Waals surface area contributed by atoms with Gasteiger partial charge >= 0.3 is 11.9 Å². The largest absolute Gasteiger partial charge is 0.508 e. The average Bonchev–Trinajstić information content (AvgIpc) is 3.78. The molecule has 15 N–H and O–H groups in total. The highest BCUT2D eigenvalue weighted by Gasteiger charge is 2.42. The Bertz CT molecular complexity index is 2690. The van der Waals surface area contributed by atoms with Crippen molar-refractivity contribution in [2.24, 2.45) is 17.4 Å². The van der Waals surface area contributed by atoms with Crippen molar-refractivity contribution in [2.45, 2.75) is 126 Å². The third-order valence-electron chi connectivity index (χ3n) is 12.6. The molecule has 5 rings (SSSR count). The van der Waals surface area contributed by atoms with Crippen molar-refractivity contribution in [1.29, 1.82) is 0 Å². The first-order valence-corrected chi connectivity index (χ1v) is 27.1. The van der Waals surface area contributed by atoms with Crippen LogP contribution in [0.25, 0.3) is 10.9 Å². The summed E-state index contributed by atoms with van der Waals surface area (Å²) in [5, 5.41) is 49.2. The van der Waals surface area contributed by atoms with Crippen LogP contribution in [0.2, 0.25) is 0 Å². The molecule has 0 saturated carbocycles. The van der Waals surface area contributed by atoms with Crippen molar-refractivity contribution < 1.29 is 58.5 Å². The van der Waals surface area contributed by atoms with Crippen LogP contribution in [0.3, 0.4) is 0 Å². The molecule has 1 aromatic heterocycles. The molecule has 4 aromatic rings. The Balaban J connectivity index is 1.66. The number of carbonyl (C=O) groups is 9. The van der Waals surface area contributed by atoms with E-state index in [1.54, 1.807) is 70.3 Å². The fourth-order valence-electron chi connectivity index (χ4n) is 8.31. The Hall–Kier alpha value is -7.15. The molecule has 0 spiro atoms. The Morgan fingerprint density at radius 3 is 1.88 bits per heavy atom. The van der Waals surface area contributed by atoms with E-state index >= 15 is 0 Å². The molecule has 3 aromatic carbocycles. The minimum atomic E-state index is -1.62. The number of carbonyl (C=O) groups excluding carboxylic acids is 7. The summed E-state index contributed by atoms with van der Waals surface area (Å²) < 4.78 is -1.42. The van der Waals surface area contributed by atoms with Gasteiger partial charge in [0.25, 0.3) is 0 Å². The number of amides is 7. The second-order valence-corrected chi connectivity index (χ2v) is 22.4. The van der Waals surface area contributed by atoms with Gasteiger partial charge in [0.1, 0.15) is 48.0 Å². The van der Waals surface area contributed by atoms with Crippen molar-refractivity contribution in [2.75, 3.05) is 12.3 Å². The normalized spacial score (nSPS) is 21.9. The van der Waals surface area contributed by atoms with Crippen molar-refractivity contribution >= 4 is 85.8 Å². The molecule has 0 unspecified atom stereocenters. The number of phenolic OH excluding ortho intramolecular Hbond substituents is 1. The molecule has 410 valence electrons. The van der Waals surface area contributed by atoms with Crippen LogP contribution < -0.4 is 48.7 Å². The van der Waals surface area contributed by atoms with Gasteiger partial charge in [-0.1, -0.05) is 96.1 Å². The number of unbranched alkanes of at least 4 members (excludes halogenated alkanes) is 1. The highest BCUT2D eigenvalue weighted by Crippen LogP contribution is 2.39. The van der Waals surface area contributed by atoms with Gasteiger partial charge in [0, 0.05) is 46.9 Å². The molecule has 0 aliphatic carbocycles. The Labute approximate surface area is 447 Å². The number of carboxylic acid groups (broad SMARTS) is 2. The van der Waals surface area contributed by atoms with E-state index in [2.05, 4.69) is 42.2 Å². The smallest absolute Gasteiger partial charge is 0.326 e. The number of H-pyrrole nitrogens is 1. The van der Waals surface area contributed by atoms with Gasteiger partial charge in [-0.15, -0.1) is 0 Å². The number of phenols is 1. The third kappa shape index (κ3) is 17.5. The Morgan fingerprint density at radius 1 is 0.724 bits per heavy atom. The number of rotatable bonds is 18. The van der Waals surface area contributed by atoms with Crippen molar-refractivity contribution in [3.63, 3.8) is 0 Å². The summed E-state index contributed by atoms with van der Waals surface area (Å²) in [4.78, 5) is 129. The van der Waals surface area contributed by atoms with Gasteiger partial charge in [0.05, 0.1) is 12.5 Å². The van der Waals surface area contributed by atoms with Crippen LogP contribution in [0.1, 0.15) is 70.1 Å². The predicted octanol–water partition coefficient (Wildman–Crippen LogP) is 1.14. The maximum absolute atomic E-state index is 14.9. The number of hydrogen-bond acceptors (Lipinski definition) is 14. The molecule has 1 fully saturated rings. The maximum atomic E-state index is 14.9. The maximum Gasteiger partial charge on any atom is 0.326 e. The van der Waals surface area contributed by atoms with Gasteiger partial charge in [-0.05, 0) is 80.5 Å². The molecule has 1 aliphatic rings. The van der Waals surface area contributed by atoms with E-state index in [0.29, 0.717) is 29.5 Å². The number of carboxylic acids is 2. The van der Waals surface area contributed by atoms with Crippen LogP contribution >= 0.6 is 21.6 Å². The van der Waals surface area contributed by atoms with Gasteiger partial charge in [0.15, 0.2) is 0 Å². The summed E-state index contributed by atoms with van der Waals surface area (Å²) in [5.74, 6) is -9.92. The molecule has 0 radical (unpaired) electrons. The number of aromatic amines is 1. The quantitative estimate of drug-likeness (QED) is 0.0491. The number of para-hydroxylation sites is 1. The molecule has 7 amide bonds. The predicted molar refractivity (Wildman–Crippen MR) is 287 cm³/mol. The number of fused-ring (bicyclic) bond motifs is 1. The first-order valence-electron chi connectivity index (χ1n) is 24.8. The summed E-state index contributed by atoms with van der Waals surface area (Å²) in [6, 6.07) is 9.96. The molecule has 8 atom stereocenters. The van der Waals surface area contributed by atoms with E-state index in [4.69, 9.17) is 11.5 Å². The molecular formula is C52H68N10O12S2. The molecule has 1 saturated heterocycles. The number of nitrogens with one attached hydrogen (secondary N) is 8. The summed E-state index contributed by atoms with van der Waals surface area (Å²) >= 11 is 0. The first-order chi connectivity index (χ1) is 36.1. The summed E-state index contributed by atoms with van der Waals surface area (Å²) in [5.41, 5.74) is 14.2. The van der Waals surface area contributed by atoms with Crippen molar-refractivity contribution in [3.05, 3.63) is 102 Å². The van der Waals surface area contributed by atoms with Gasteiger partial charge in [-0.25, -0.2) is 4.79 Å². The third-order valence-corrected chi connectivity index (χ3v) is 15.9. The van der Waals surface area contributed by atoms with Crippen LogP contribution in [0.4, 0.5) is 0 Å². The van der Waals surface area contributed by atoms with Gasteiger partial charge in [-0.2, -0.15) is 0 Å². The molecule has 22 nitrogen and oxygen atoms in total. The van der Waals surface area contributed by atoms with Crippen LogP contribution in [0.5, 0.6) is 5.75 Å². The molecule has 1 aliphatic heterocycles. The van der Waals surface area contributed by atoms with Crippen LogP contribution in [0, 0.1) is 5.92 Å². The lowest BCUT2D eigenvalue weighted by Crippen LogP contribution is -2.63. The highest BCUT2D eigenvalue weighted by atomic mass is 33.1. The lowest BCUT2D eigenvalue weighted by molar-refractivity contribution is -0.143. The monoisotopic (exact) mass is 1090 g/mol. The standard InChI is InChI=1S/C52H68N10O12S2/c1-28(2)42(51(73)74)61-49(71)40-27-75-76-52(3,4)43(62-44(66)34(54)25-41(64)65)50(72)59-38(22-29-12-6-5-7-13-29)46(68)58-39(24-31-26-55-35-15-9-8-14-33(31)35)48(70)56-36(16-10-11-21-53)45(67)57-37(47(69)60-40)23-30-17-19-32(63)20-18-30/h5-9,12-15,17-20,26,28,34,36-40,42-43,55,63H,10-11,16,21-25,27,53-54H2,1-4H3,(H,56,70)(H,57,67)(H,58,68)(H,59,72)(H,60,69)(H,61,71)(H,62,66)(H,64,65)(H,73,74)/t34-,36-,37-,38-,39+,40-,42-,43-/m0/s1. The number of hydrogen-bond donors (Lipinski definition) is 13. The van der Waals surface area contributed by atoms with Gasteiger partial charge < -0.3 is 69.0 Å². The highest BCUT2D eigenvalue weighted by molar-refractivity contribution is 8.77. The summed E-state index contributed by atoms with van der Waals surface area (Å²) in [6.45, 7) is 6.50. The Morgan fingerprint density at radius 2 is 1.28 bits per heavy atom. The number of benzene rings is 3. The van der Waals surface area contributed by atoms with Crippen molar-refractivity contribution in [1.82, 2.24) is 42.2 Å². The van der Waals surface area contributed by atoms with E-state index in [1.165, 1.54) is 24.3 Å². The van der Waals surface area contributed by atoms with E-state index in [0.717, 1.165) is 32.5 Å². The van der Waals surface area contributed by atoms with Gasteiger partial charge in [-0.3, -0.25) is 38.4 Å². The zero-order valence-corrected chi connectivity index (χ0v) is 44.3.